The second kappa shape index (κ2) is 13.7. The first-order chi connectivity index (χ1) is 8.76. The number of rotatable bonds is 13. The quantitative estimate of drug-likeness (QED) is 0.468. The van der Waals surface area contributed by atoms with Gasteiger partial charge in [-0.25, -0.2) is 0 Å². The molecule has 0 fully saturated rings. The van der Waals surface area contributed by atoms with Crippen molar-refractivity contribution in [2.24, 2.45) is 5.92 Å². The largest absolute Gasteiger partial charge is 0.317 e. The lowest BCUT2D eigenvalue weighted by Crippen LogP contribution is -2.33. The van der Waals surface area contributed by atoms with Crippen molar-refractivity contribution >= 4 is 11.8 Å². The van der Waals surface area contributed by atoms with Gasteiger partial charge in [-0.15, -0.1) is 0 Å². The predicted molar refractivity (Wildman–Crippen MR) is 87.6 cm³/mol. The van der Waals surface area contributed by atoms with Gasteiger partial charge in [0.15, 0.2) is 0 Å². The Morgan fingerprint density at radius 1 is 0.944 bits per heavy atom. The van der Waals surface area contributed by atoms with Crippen LogP contribution in [-0.4, -0.2) is 25.1 Å². The van der Waals surface area contributed by atoms with E-state index in [-0.39, 0.29) is 0 Å². The zero-order valence-electron chi connectivity index (χ0n) is 13.1. The molecule has 2 unspecified atom stereocenters. The van der Waals surface area contributed by atoms with Crippen molar-refractivity contribution in [3.05, 3.63) is 0 Å². The Balaban J connectivity index is 3.39. The van der Waals surface area contributed by atoms with Crippen molar-refractivity contribution < 1.29 is 0 Å². The van der Waals surface area contributed by atoms with Crippen LogP contribution >= 0.6 is 11.8 Å². The lowest BCUT2D eigenvalue weighted by molar-refractivity contribution is 0.390. The van der Waals surface area contributed by atoms with Crippen molar-refractivity contribution in [2.45, 2.75) is 77.7 Å². The molecule has 0 heterocycles. The summed E-state index contributed by atoms with van der Waals surface area (Å²) < 4.78 is 0. The minimum atomic E-state index is 0.720. The summed E-state index contributed by atoms with van der Waals surface area (Å²) in [6, 6.07) is 0.720. The zero-order chi connectivity index (χ0) is 13.6. The Morgan fingerprint density at radius 2 is 1.50 bits per heavy atom. The Hall–Kier alpha value is 0.310. The van der Waals surface area contributed by atoms with Gasteiger partial charge < -0.3 is 5.32 Å². The number of thioether (sulfide) groups is 1. The van der Waals surface area contributed by atoms with Crippen molar-refractivity contribution in [1.82, 2.24) is 5.32 Å². The van der Waals surface area contributed by atoms with E-state index < -0.39 is 0 Å². The molecule has 0 aliphatic heterocycles. The predicted octanol–water partition coefficient (Wildman–Crippen LogP) is 5.10. The molecule has 0 aromatic rings. The first-order valence-electron chi connectivity index (χ1n) is 7.92. The number of hydrogen-bond donors (Lipinski definition) is 1. The number of nitrogens with one attached hydrogen (secondary N) is 1. The van der Waals surface area contributed by atoms with Crippen LogP contribution in [0.2, 0.25) is 0 Å². The SMILES string of the molecule is CCCCCCCCCCC(NC)C(C)CSC. The fourth-order valence-corrected chi connectivity index (χ4v) is 3.35. The molecule has 1 nitrogen and oxygen atoms in total. The Labute approximate surface area is 120 Å². The minimum Gasteiger partial charge on any atom is -0.317 e. The molecule has 0 rings (SSSR count). The van der Waals surface area contributed by atoms with Gasteiger partial charge in [-0.3, -0.25) is 0 Å². The lowest BCUT2D eigenvalue weighted by atomic mass is 9.97. The van der Waals surface area contributed by atoms with E-state index in [0.29, 0.717) is 0 Å². The van der Waals surface area contributed by atoms with E-state index in [9.17, 15) is 0 Å². The van der Waals surface area contributed by atoms with Crippen LogP contribution in [0.25, 0.3) is 0 Å². The van der Waals surface area contributed by atoms with Gasteiger partial charge >= 0.3 is 0 Å². The summed E-state index contributed by atoms with van der Waals surface area (Å²) in [7, 11) is 2.12. The van der Waals surface area contributed by atoms with E-state index in [4.69, 9.17) is 0 Å². The number of hydrogen-bond acceptors (Lipinski definition) is 2. The third-order valence-corrected chi connectivity index (χ3v) is 4.72. The molecule has 0 aliphatic carbocycles. The molecule has 0 bridgehead atoms. The Kier molecular flexibility index (Phi) is 14.0. The molecule has 0 aromatic carbocycles. The molecule has 2 atom stereocenters. The molecule has 0 saturated heterocycles. The molecule has 0 aromatic heterocycles. The maximum atomic E-state index is 3.49. The topological polar surface area (TPSA) is 12.0 Å². The van der Waals surface area contributed by atoms with Crippen LogP contribution in [0.15, 0.2) is 0 Å². The summed E-state index contributed by atoms with van der Waals surface area (Å²) in [6.45, 7) is 4.66. The average molecular weight is 274 g/mol. The van der Waals surface area contributed by atoms with Gasteiger partial charge in [0.1, 0.15) is 0 Å². The van der Waals surface area contributed by atoms with Crippen LogP contribution in [0.4, 0.5) is 0 Å². The minimum absolute atomic E-state index is 0.720. The molecule has 0 radical (unpaired) electrons. The molecular formula is C16H35NS. The summed E-state index contributed by atoms with van der Waals surface area (Å²) in [5.74, 6) is 2.08. The van der Waals surface area contributed by atoms with Gasteiger partial charge in [-0.05, 0) is 31.4 Å². The third-order valence-electron chi connectivity index (χ3n) is 3.86. The van der Waals surface area contributed by atoms with Crippen LogP contribution in [0.3, 0.4) is 0 Å². The van der Waals surface area contributed by atoms with E-state index in [0.717, 1.165) is 12.0 Å². The fraction of sp³-hybridized carbons (Fsp3) is 1.00. The highest BCUT2D eigenvalue weighted by Crippen LogP contribution is 2.16. The second-order valence-electron chi connectivity index (χ2n) is 5.59. The van der Waals surface area contributed by atoms with Gasteiger partial charge in [0.2, 0.25) is 0 Å². The first kappa shape index (κ1) is 18.3. The zero-order valence-corrected chi connectivity index (χ0v) is 14.0. The monoisotopic (exact) mass is 273 g/mol. The van der Waals surface area contributed by atoms with E-state index in [1.54, 1.807) is 0 Å². The molecule has 0 saturated carbocycles. The van der Waals surface area contributed by atoms with Crippen LogP contribution in [0.5, 0.6) is 0 Å². The molecule has 1 N–H and O–H groups in total. The Bertz CT molecular complexity index is 161. The van der Waals surface area contributed by atoms with Crippen LogP contribution in [0.1, 0.15) is 71.6 Å². The molecular weight excluding hydrogens is 238 g/mol. The smallest absolute Gasteiger partial charge is 0.00975 e. The van der Waals surface area contributed by atoms with E-state index in [1.807, 2.05) is 11.8 Å². The molecule has 110 valence electrons. The maximum Gasteiger partial charge on any atom is 0.00975 e. The standard InChI is InChI=1S/C16H35NS/c1-5-6-7-8-9-10-11-12-13-16(17-3)15(2)14-18-4/h15-17H,5-14H2,1-4H3. The summed E-state index contributed by atoms with van der Waals surface area (Å²) >= 11 is 1.97. The van der Waals surface area contributed by atoms with Gasteiger partial charge in [-0.2, -0.15) is 11.8 Å². The normalized spacial score (nSPS) is 14.7. The molecule has 18 heavy (non-hydrogen) atoms. The van der Waals surface area contributed by atoms with E-state index in [2.05, 4.69) is 32.5 Å². The highest BCUT2D eigenvalue weighted by atomic mass is 32.2. The van der Waals surface area contributed by atoms with Gasteiger partial charge in [0.25, 0.3) is 0 Å². The van der Waals surface area contributed by atoms with Crippen molar-refractivity contribution in [3.63, 3.8) is 0 Å². The highest BCUT2D eigenvalue weighted by molar-refractivity contribution is 7.98. The van der Waals surface area contributed by atoms with Crippen LogP contribution in [0, 0.1) is 5.92 Å². The average Bonchev–Trinajstić information content (AvgIpc) is 2.37. The summed E-state index contributed by atoms with van der Waals surface area (Å²) in [4.78, 5) is 0. The lowest BCUT2D eigenvalue weighted by Gasteiger charge is -2.22. The van der Waals surface area contributed by atoms with Crippen molar-refractivity contribution in [3.8, 4) is 0 Å². The van der Waals surface area contributed by atoms with Gasteiger partial charge in [0.05, 0.1) is 0 Å². The second-order valence-corrected chi connectivity index (χ2v) is 6.50. The molecule has 0 amide bonds. The summed E-state index contributed by atoms with van der Waals surface area (Å²) in [5, 5.41) is 3.49. The molecule has 0 spiro atoms. The first-order valence-corrected chi connectivity index (χ1v) is 9.31. The van der Waals surface area contributed by atoms with E-state index in [1.165, 1.54) is 63.5 Å². The Morgan fingerprint density at radius 3 is 2.00 bits per heavy atom. The summed E-state index contributed by atoms with van der Waals surface area (Å²) in [6.07, 6.45) is 15.0. The van der Waals surface area contributed by atoms with Crippen molar-refractivity contribution in [1.29, 1.82) is 0 Å². The van der Waals surface area contributed by atoms with Gasteiger partial charge in [-0.1, -0.05) is 65.2 Å². The van der Waals surface area contributed by atoms with E-state index >= 15 is 0 Å². The summed E-state index contributed by atoms with van der Waals surface area (Å²) in [5.41, 5.74) is 0. The van der Waals surface area contributed by atoms with Gasteiger partial charge in [0, 0.05) is 6.04 Å². The highest BCUT2D eigenvalue weighted by Gasteiger charge is 2.13. The van der Waals surface area contributed by atoms with Crippen molar-refractivity contribution in [2.75, 3.05) is 19.1 Å². The van der Waals surface area contributed by atoms with Crippen LogP contribution in [-0.2, 0) is 0 Å². The third kappa shape index (κ3) is 10.3. The maximum absolute atomic E-state index is 3.49. The number of unbranched alkanes of at least 4 members (excludes halogenated alkanes) is 7. The molecule has 0 aliphatic rings. The van der Waals surface area contributed by atoms with Crippen LogP contribution < -0.4 is 5.32 Å². The fourth-order valence-electron chi connectivity index (χ4n) is 2.59. The molecule has 2 heteroatoms.